The fourth-order valence-corrected chi connectivity index (χ4v) is 7.97. The Morgan fingerprint density at radius 3 is 2.15 bits per heavy atom. The molecule has 1 saturated carbocycles. The first-order valence-corrected chi connectivity index (χ1v) is 17.2. The van der Waals surface area contributed by atoms with Gasteiger partial charge in [0.25, 0.3) is 5.91 Å². The second kappa shape index (κ2) is 17.3. The average molecular weight is 588 g/mol. The van der Waals surface area contributed by atoms with Gasteiger partial charge < -0.3 is 14.8 Å². The molecule has 220 valence electrons. The van der Waals surface area contributed by atoms with E-state index in [9.17, 15) is 9.59 Å². The van der Waals surface area contributed by atoms with Crippen LogP contribution in [0.15, 0.2) is 18.2 Å². The molecule has 1 aromatic heterocycles. The summed E-state index contributed by atoms with van der Waals surface area (Å²) in [7, 11) is 0. The maximum atomic E-state index is 12.8. The molecule has 7 nitrogen and oxygen atoms in total. The van der Waals surface area contributed by atoms with E-state index >= 15 is 0 Å². The van der Waals surface area contributed by atoms with Gasteiger partial charge in [-0.2, -0.15) is 23.5 Å². The average Bonchev–Trinajstić information content (AvgIpc) is 3.00. The molecule has 0 radical (unpaired) electrons. The number of ether oxygens (including phenoxy) is 2. The second-order valence-corrected chi connectivity index (χ2v) is 13.3. The van der Waals surface area contributed by atoms with Gasteiger partial charge in [0.2, 0.25) is 0 Å². The highest BCUT2D eigenvalue weighted by Crippen LogP contribution is 2.37. The van der Waals surface area contributed by atoms with Crippen molar-refractivity contribution in [2.24, 2.45) is 0 Å². The van der Waals surface area contributed by atoms with Gasteiger partial charge in [0.05, 0.1) is 48.8 Å². The van der Waals surface area contributed by atoms with Crippen LogP contribution in [0.3, 0.4) is 0 Å². The van der Waals surface area contributed by atoms with Crippen LogP contribution in [0, 0.1) is 0 Å². The van der Waals surface area contributed by atoms with Crippen molar-refractivity contribution >= 4 is 46.2 Å². The van der Waals surface area contributed by atoms with Crippen LogP contribution in [0.1, 0.15) is 99.3 Å². The number of Topliss-reactive ketones (excluding diaryl/α,β-unsaturated/α-hetero) is 1. The highest BCUT2D eigenvalue weighted by molar-refractivity contribution is 8.00. The number of amides is 1. The van der Waals surface area contributed by atoms with E-state index in [1.807, 2.05) is 25.1 Å². The number of hydrogen-bond donors (Lipinski definition) is 1. The van der Waals surface area contributed by atoms with E-state index in [4.69, 9.17) is 19.4 Å². The van der Waals surface area contributed by atoms with Crippen LogP contribution in [0.4, 0.5) is 0 Å². The fourth-order valence-electron chi connectivity index (χ4n) is 5.20. The van der Waals surface area contributed by atoms with Gasteiger partial charge in [-0.1, -0.05) is 45.4 Å². The number of carbonyl (C=O) groups excluding carboxylic acids is 2. The zero-order valence-electron chi connectivity index (χ0n) is 24.0. The molecule has 2 unspecified atom stereocenters. The largest absolute Gasteiger partial charge is 0.379 e. The van der Waals surface area contributed by atoms with E-state index in [0.29, 0.717) is 61.9 Å². The van der Waals surface area contributed by atoms with Crippen molar-refractivity contribution in [3.8, 4) is 0 Å². The highest BCUT2D eigenvalue weighted by atomic mass is 32.2. The first-order valence-electron chi connectivity index (χ1n) is 15.1. The molecule has 1 aliphatic carbocycles. The Morgan fingerprint density at radius 2 is 1.48 bits per heavy atom. The highest BCUT2D eigenvalue weighted by Gasteiger charge is 2.23. The molecular weight excluding hydrogens is 542 g/mol. The van der Waals surface area contributed by atoms with Gasteiger partial charge in [-0.3, -0.25) is 9.59 Å². The molecule has 1 amide bonds. The molecule has 2 heterocycles. The summed E-state index contributed by atoms with van der Waals surface area (Å²) in [5.41, 5.74) is 4.41. The number of carbonyl (C=O) groups is 2. The molecule has 1 aliphatic heterocycles. The Morgan fingerprint density at radius 1 is 0.850 bits per heavy atom. The van der Waals surface area contributed by atoms with Gasteiger partial charge in [0.1, 0.15) is 5.78 Å². The number of aromatic nitrogens is 2. The summed E-state index contributed by atoms with van der Waals surface area (Å²) in [5.74, 6) is 1.87. The van der Waals surface area contributed by atoms with Crippen LogP contribution in [0.5, 0.6) is 0 Å². The lowest BCUT2D eigenvalue weighted by Crippen LogP contribution is -2.27. The van der Waals surface area contributed by atoms with Crippen molar-refractivity contribution in [2.75, 3.05) is 33.0 Å². The number of nitrogens with one attached hydrogen (secondary N) is 1. The molecule has 0 saturated heterocycles. The minimum Gasteiger partial charge on any atom is -0.379 e. The van der Waals surface area contributed by atoms with Crippen molar-refractivity contribution in [1.82, 2.24) is 15.3 Å². The van der Waals surface area contributed by atoms with Gasteiger partial charge in [-0.25, -0.2) is 9.97 Å². The molecule has 9 heteroatoms. The Hall–Kier alpha value is -1.68. The Bertz CT molecular complexity index is 1100. The number of nitrogens with zero attached hydrogens (tertiary/aromatic N) is 2. The summed E-state index contributed by atoms with van der Waals surface area (Å²) in [5, 5.41) is 4.32. The summed E-state index contributed by atoms with van der Waals surface area (Å²) < 4.78 is 10.9. The van der Waals surface area contributed by atoms with Crippen LogP contribution in [-0.4, -0.2) is 65.1 Å². The van der Waals surface area contributed by atoms with Crippen molar-refractivity contribution in [3.05, 3.63) is 35.2 Å². The van der Waals surface area contributed by atoms with Gasteiger partial charge in [-0.15, -0.1) is 0 Å². The number of ketones is 1. The Kier molecular flexibility index (Phi) is 13.5. The lowest BCUT2D eigenvalue weighted by atomic mass is 10.1. The molecule has 1 aromatic carbocycles. The van der Waals surface area contributed by atoms with E-state index < -0.39 is 0 Å². The second-order valence-electron chi connectivity index (χ2n) is 10.7. The molecule has 2 atom stereocenters. The SMILES string of the molecule is CCC(=O)CCOCCOCCNC(=O)c1ccc2nc3c(nc2c1)CSC1CCCCCCCCC(C1)SC3. The van der Waals surface area contributed by atoms with Gasteiger partial charge >= 0.3 is 0 Å². The Labute approximate surface area is 247 Å². The zero-order chi connectivity index (χ0) is 28.0. The molecule has 0 spiro atoms. The molecule has 40 heavy (non-hydrogen) atoms. The zero-order valence-corrected chi connectivity index (χ0v) is 25.6. The molecule has 4 rings (SSSR count). The van der Waals surface area contributed by atoms with E-state index in [1.165, 1.54) is 57.8 Å². The maximum absolute atomic E-state index is 12.8. The van der Waals surface area contributed by atoms with Crippen molar-refractivity contribution in [2.45, 2.75) is 99.6 Å². The third-order valence-electron chi connectivity index (χ3n) is 7.64. The summed E-state index contributed by atoms with van der Waals surface area (Å²) in [6, 6.07) is 5.62. The first-order chi connectivity index (χ1) is 19.6. The Balaban J connectivity index is 1.30. The molecule has 2 aliphatic rings. The third-order valence-corrected chi connectivity index (χ3v) is 10.3. The van der Waals surface area contributed by atoms with Crippen molar-refractivity contribution < 1.29 is 19.1 Å². The number of fused-ring (bicyclic) bond motifs is 4. The minimum atomic E-state index is -0.139. The quantitative estimate of drug-likeness (QED) is 0.298. The van der Waals surface area contributed by atoms with Crippen LogP contribution in [-0.2, 0) is 25.8 Å². The first kappa shape index (κ1) is 31.3. The normalized spacial score (nSPS) is 20.4. The smallest absolute Gasteiger partial charge is 0.251 e. The summed E-state index contributed by atoms with van der Waals surface area (Å²) >= 11 is 4.14. The van der Waals surface area contributed by atoms with Crippen molar-refractivity contribution in [1.29, 1.82) is 0 Å². The fraction of sp³-hybridized carbons (Fsp3) is 0.677. The van der Waals surface area contributed by atoms with Crippen LogP contribution in [0.25, 0.3) is 11.0 Å². The summed E-state index contributed by atoms with van der Waals surface area (Å²) in [6.07, 6.45) is 13.1. The number of thioether (sulfide) groups is 2. The predicted octanol–water partition coefficient (Wildman–Crippen LogP) is 6.50. The predicted molar refractivity (Wildman–Crippen MR) is 165 cm³/mol. The number of hydrogen-bond acceptors (Lipinski definition) is 8. The summed E-state index contributed by atoms with van der Waals surface area (Å²) in [4.78, 5) is 34.1. The van der Waals surface area contributed by atoms with Gasteiger partial charge in [0.15, 0.2) is 0 Å². The van der Waals surface area contributed by atoms with Gasteiger partial charge in [-0.05, 0) is 37.5 Å². The number of benzene rings is 1. The minimum absolute atomic E-state index is 0.139. The molecule has 1 fully saturated rings. The van der Waals surface area contributed by atoms with Crippen LogP contribution >= 0.6 is 23.5 Å². The molecule has 1 N–H and O–H groups in total. The van der Waals surface area contributed by atoms with E-state index in [1.54, 1.807) is 0 Å². The van der Waals surface area contributed by atoms with Crippen molar-refractivity contribution in [3.63, 3.8) is 0 Å². The monoisotopic (exact) mass is 587 g/mol. The number of rotatable bonds is 11. The molecule has 2 bridgehead atoms. The maximum Gasteiger partial charge on any atom is 0.251 e. The van der Waals surface area contributed by atoms with E-state index in [-0.39, 0.29) is 11.7 Å². The van der Waals surface area contributed by atoms with E-state index in [2.05, 4.69) is 28.8 Å². The third kappa shape index (κ3) is 10.3. The standard InChI is InChI=1S/C31H45N3O4S2/c1-2-24(35)13-15-37-17-18-38-16-14-32-31(36)23-11-12-27-28(19-23)34-30-22-40-26-10-8-6-4-3-5-7-9-25(20-26)39-21-29(30)33-27/h11-12,19,25-26H,2-10,13-18,20-22H2,1H3,(H,32,36). The molecular formula is C31H45N3O4S2. The lowest BCUT2D eigenvalue weighted by Gasteiger charge is -2.21. The van der Waals surface area contributed by atoms with Crippen LogP contribution in [0.2, 0.25) is 0 Å². The summed E-state index contributed by atoms with van der Waals surface area (Å²) in [6.45, 7) is 3.98. The topological polar surface area (TPSA) is 90.4 Å². The van der Waals surface area contributed by atoms with E-state index in [0.717, 1.165) is 33.9 Å². The lowest BCUT2D eigenvalue weighted by molar-refractivity contribution is -0.119. The van der Waals surface area contributed by atoms with Gasteiger partial charge in [0, 0.05) is 47.0 Å². The van der Waals surface area contributed by atoms with Crippen LogP contribution < -0.4 is 5.32 Å². The molecule has 2 aromatic rings.